The number of furan rings is 1. The molecule has 9 aromatic rings. The monoisotopic (exact) mass is 968 g/mol. The fourth-order valence-electron chi connectivity index (χ4n) is 7.46. The number of rotatable bonds is 5. The number of benzene rings is 5. The van der Waals surface area contributed by atoms with Gasteiger partial charge in [0.1, 0.15) is 17.0 Å². The Kier molecular flexibility index (Phi) is 13.2. The molecule has 5 aromatic carbocycles. The van der Waals surface area contributed by atoms with Gasteiger partial charge in [-0.2, -0.15) is 0 Å². The van der Waals surface area contributed by atoms with E-state index in [9.17, 15) is 4.39 Å². The van der Waals surface area contributed by atoms with Crippen molar-refractivity contribution in [2.24, 2.45) is 0 Å². The zero-order chi connectivity index (χ0) is 39.9. The van der Waals surface area contributed by atoms with Gasteiger partial charge in [-0.3, -0.25) is 15.0 Å². The zero-order valence-corrected chi connectivity index (χ0v) is 36.9. The molecule has 7 heteroatoms. The third kappa shape index (κ3) is 9.72. The Balaban J connectivity index is 0.000000153. The van der Waals surface area contributed by atoms with Crippen LogP contribution in [-0.4, -0.2) is 23.0 Å². The van der Waals surface area contributed by atoms with Crippen molar-refractivity contribution in [3.63, 3.8) is 0 Å². The van der Waals surface area contributed by atoms with Gasteiger partial charge in [-0.05, 0) is 108 Å². The molecule has 0 bridgehead atoms. The number of para-hydroxylation sites is 1. The van der Waals surface area contributed by atoms with Crippen LogP contribution in [0.2, 0.25) is 19.6 Å². The van der Waals surface area contributed by atoms with Gasteiger partial charge < -0.3 is 4.42 Å². The molecule has 1 aliphatic carbocycles. The molecule has 0 saturated carbocycles. The second-order valence-electron chi connectivity index (χ2n) is 15.6. The minimum absolute atomic E-state index is 0. The maximum Gasteiger partial charge on any atom is 0.144 e. The summed E-state index contributed by atoms with van der Waals surface area (Å²) in [6.07, 6.45) is 10.4. The van der Waals surface area contributed by atoms with Gasteiger partial charge in [0.25, 0.3) is 0 Å². The Morgan fingerprint density at radius 3 is 1.88 bits per heavy atom. The third-order valence-electron chi connectivity index (χ3n) is 10.6. The van der Waals surface area contributed by atoms with Crippen LogP contribution in [0.4, 0.5) is 4.39 Å². The van der Waals surface area contributed by atoms with E-state index >= 15 is 0 Å². The molecule has 4 aromatic heterocycles. The fourth-order valence-corrected chi connectivity index (χ4v) is 8.50. The summed E-state index contributed by atoms with van der Waals surface area (Å²) in [6.45, 7) is 7.02. The van der Waals surface area contributed by atoms with E-state index in [-0.39, 0.29) is 25.9 Å². The minimum atomic E-state index is -1.22. The van der Waals surface area contributed by atoms with Crippen molar-refractivity contribution >= 4 is 35.2 Å². The van der Waals surface area contributed by atoms with E-state index in [4.69, 9.17) is 9.40 Å². The van der Waals surface area contributed by atoms with Crippen LogP contribution in [0.25, 0.3) is 66.8 Å². The number of hydrogen-bond acceptors (Lipinski definition) is 4. The van der Waals surface area contributed by atoms with Crippen LogP contribution < -0.4 is 5.19 Å². The quantitative estimate of drug-likeness (QED) is 0.161. The van der Waals surface area contributed by atoms with E-state index in [0.29, 0.717) is 0 Å². The average Bonchev–Trinajstić information content (AvgIpc) is 3.66. The maximum atomic E-state index is 13.3. The molecule has 4 heterocycles. The van der Waals surface area contributed by atoms with Crippen LogP contribution in [0.15, 0.2) is 181 Å². The average molecular weight is 968 g/mol. The summed E-state index contributed by atoms with van der Waals surface area (Å²) in [6, 6.07) is 52.0. The first-order valence-electron chi connectivity index (χ1n) is 20.0. The van der Waals surface area contributed by atoms with E-state index in [1.165, 1.54) is 46.9 Å². The molecular formula is C52H46FIrN3OSi. The molecule has 0 fully saturated rings. The van der Waals surface area contributed by atoms with Gasteiger partial charge in [0, 0.05) is 66.2 Å². The summed E-state index contributed by atoms with van der Waals surface area (Å²) in [5, 5.41) is 3.60. The predicted molar refractivity (Wildman–Crippen MR) is 241 cm³/mol. The number of halogens is 1. The molecule has 0 atom stereocenters. The predicted octanol–water partition coefficient (Wildman–Crippen LogP) is 13.4. The Morgan fingerprint density at radius 1 is 0.542 bits per heavy atom. The number of pyridine rings is 3. The Bertz CT molecular complexity index is 2720. The molecule has 0 unspecified atom stereocenters. The number of nitrogens with zero attached hydrogens (tertiary/aromatic N) is 3. The van der Waals surface area contributed by atoms with Crippen LogP contribution in [-0.2, 0) is 32.9 Å². The molecule has 295 valence electrons. The molecule has 0 saturated heterocycles. The van der Waals surface area contributed by atoms with Crippen molar-refractivity contribution in [1.29, 1.82) is 0 Å². The number of fused-ring (bicyclic) bond motifs is 4. The van der Waals surface area contributed by atoms with Crippen LogP contribution in [0.1, 0.15) is 24.0 Å². The topological polar surface area (TPSA) is 51.8 Å². The molecule has 0 N–H and O–H groups in total. The molecule has 1 aliphatic rings. The first-order valence-corrected chi connectivity index (χ1v) is 23.5. The van der Waals surface area contributed by atoms with E-state index in [1.807, 2.05) is 79.3 Å². The zero-order valence-electron chi connectivity index (χ0n) is 33.5. The maximum absolute atomic E-state index is 13.3. The van der Waals surface area contributed by atoms with Gasteiger partial charge in [0.2, 0.25) is 0 Å². The van der Waals surface area contributed by atoms with Gasteiger partial charge in [0.15, 0.2) is 0 Å². The standard InChI is InChI=1S/C27H20FNO.C14H17NSi.C11H9N.Ir/c28-20-11-8-17(9-12-20)19-10-13-22-23-6-3-7-24(27(23)30-25(22)16-19)26-21-5-2-1-4-18(21)14-15-29-26;1-16(2,3)13-9-10-14(15-11-13)12-7-5-4-6-8-12;1-2-6-10(7-3-1)11-8-4-5-9-12-11;/h3,6-16H,1-2,4-5H2;4-11H,1-3H3;1-9H;. The summed E-state index contributed by atoms with van der Waals surface area (Å²) in [5.74, 6) is -0.230. The molecule has 0 amide bonds. The summed E-state index contributed by atoms with van der Waals surface area (Å²) >= 11 is 0. The van der Waals surface area contributed by atoms with E-state index in [0.717, 1.165) is 74.1 Å². The number of aromatic nitrogens is 3. The Hall–Kier alpha value is -5.85. The number of hydrogen-bond donors (Lipinski definition) is 0. The molecule has 59 heavy (non-hydrogen) atoms. The van der Waals surface area contributed by atoms with E-state index in [2.05, 4.69) is 102 Å². The van der Waals surface area contributed by atoms with Crippen LogP contribution >= 0.6 is 0 Å². The van der Waals surface area contributed by atoms with Crippen LogP contribution in [0.5, 0.6) is 0 Å². The largest absolute Gasteiger partial charge is 0.455 e. The summed E-state index contributed by atoms with van der Waals surface area (Å²) in [5.41, 5.74) is 13.0. The summed E-state index contributed by atoms with van der Waals surface area (Å²) < 4.78 is 19.7. The van der Waals surface area contributed by atoms with Crippen molar-refractivity contribution < 1.29 is 28.9 Å². The van der Waals surface area contributed by atoms with Crippen LogP contribution in [0, 0.1) is 5.82 Å². The van der Waals surface area contributed by atoms with E-state index < -0.39 is 8.07 Å². The van der Waals surface area contributed by atoms with Crippen molar-refractivity contribution in [2.45, 2.75) is 45.3 Å². The second kappa shape index (κ2) is 18.8. The van der Waals surface area contributed by atoms with Crippen molar-refractivity contribution in [3.05, 3.63) is 193 Å². The van der Waals surface area contributed by atoms with Crippen molar-refractivity contribution in [1.82, 2.24) is 15.0 Å². The van der Waals surface area contributed by atoms with Crippen LogP contribution in [0.3, 0.4) is 0 Å². The van der Waals surface area contributed by atoms with Gasteiger partial charge in [-0.15, -0.1) is 0 Å². The minimum Gasteiger partial charge on any atom is -0.455 e. The van der Waals surface area contributed by atoms with Gasteiger partial charge in [-0.25, -0.2) is 4.39 Å². The molecule has 0 aliphatic heterocycles. The Labute approximate surface area is 360 Å². The smallest absolute Gasteiger partial charge is 0.144 e. The summed E-state index contributed by atoms with van der Waals surface area (Å²) in [7, 11) is -1.22. The third-order valence-corrected chi connectivity index (χ3v) is 12.7. The SMILES string of the molecule is C[Si](C)(C)c1ccc(-c2ccccc2)nc1.Fc1ccc(-c2ccc3c(c2)oc2c(-c4nccc5c4CCCC5)cccc23)cc1.[Ir].c1ccc(-c2ccccn2)cc1. The molecule has 4 nitrogen and oxygen atoms in total. The second-order valence-corrected chi connectivity index (χ2v) is 20.7. The summed E-state index contributed by atoms with van der Waals surface area (Å²) in [4.78, 5) is 13.6. The Morgan fingerprint density at radius 2 is 1.22 bits per heavy atom. The fraction of sp³-hybridized carbons (Fsp3) is 0.135. The van der Waals surface area contributed by atoms with E-state index in [1.54, 1.807) is 12.1 Å². The first-order chi connectivity index (χ1) is 28.3. The number of aryl methyl sites for hydroxylation is 1. The molecule has 0 spiro atoms. The normalized spacial score (nSPS) is 12.0. The first kappa shape index (κ1) is 41.3. The molecular weight excluding hydrogens is 922 g/mol. The molecule has 1 radical (unpaired) electrons. The molecule has 10 rings (SSSR count). The van der Waals surface area contributed by atoms with Gasteiger partial charge in [-0.1, -0.05) is 123 Å². The van der Waals surface area contributed by atoms with Crippen molar-refractivity contribution in [3.8, 4) is 44.9 Å². The van der Waals surface area contributed by atoms with Gasteiger partial charge >= 0.3 is 0 Å². The van der Waals surface area contributed by atoms with Gasteiger partial charge in [0.05, 0.1) is 25.2 Å². The van der Waals surface area contributed by atoms with Crippen molar-refractivity contribution in [2.75, 3.05) is 0 Å².